The number of thiazole rings is 1. The van der Waals surface area contributed by atoms with Gasteiger partial charge in [-0.05, 0) is 23.6 Å². The number of nitrogens with zero attached hydrogens (tertiary/aromatic N) is 3. The largest absolute Gasteiger partial charge is 0.482 e. The van der Waals surface area contributed by atoms with Crippen LogP contribution in [0.15, 0.2) is 29.6 Å². The van der Waals surface area contributed by atoms with E-state index in [1.807, 2.05) is 25.1 Å². The summed E-state index contributed by atoms with van der Waals surface area (Å²) in [4.78, 5) is 16.2. The van der Waals surface area contributed by atoms with E-state index in [4.69, 9.17) is 10.00 Å². The van der Waals surface area contributed by atoms with Crippen molar-refractivity contribution in [1.29, 1.82) is 5.26 Å². The highest BCUT2D eigenvalue weighted by Gasteiger charge is 2.35. The Morgan fingerprint density at radius 1 is 1.32 bits per heavy atom. The zero-order valence-electron chi connectivity index (χ0n) is 16.9. The Bertz CT molecular complexity index is 896. The molecule has 0 saturated carbocycles. The Morgan fingerprint density at radius 3 is 2.55 bits per heavy atom. The minimum atomic E-state index is -4.56. The molecule has 0 amide bonds. The fourth-order valence-corrected chi connectivity index (χ4v) is 3.53. The van der Waals surface area contributed by atoms with E-state index in [2.05, 4.69) is 9.72 Å². The average Bonchev–Trinajstić information content (AvgIpc) is 3.23. The summed E-state index contributed by atoms with van der Waals surface area (Å²) in [6, 6.07) is 9.03. The Labute approximate surface area is 181 Å². The van der Waals surface area contributed by atoms with Gasteiger partial charge < -0.3 is 14.6 Å². The maximum Gasteiger partial charge on any atom is 0.443 e. The molecule has 2 unspecified atom stereocenters. The van der Waals surface area contributed by atoms with E-state index in [-0.39, 0.29) is 31.3 Å². The van der Waals surface area contributed by atoms with E-state index < -0.39 is 23.3 Å². The van der Waals surface area contributed by atoms with E-state index in [0.717, 1.165) is 5.56 Å². The van der Waals surface area contributed by atoms with Gasteiger partial charge >= 0.3 is 12.1 Å². The molecule has 0 aliphatic carbocycles. The first kappa shape index (κ1) is 24.6. The molecule has 0 aliphatic heterocycles. The number of nitriles is 1. The summed E-state index contributed by atoms with van der Waals surface area (Å²) in [7, 11) is 1.27. The summed E-state index contributed by atoms with van der Waals surface area (Å²) < 4.78 is 48.0. The second-order valence-electron chi connectivity index (χ2n) is 6.78. The molecule has 2 aromatic rings. The lowest BCUT2D eigenvalue weighted by Gasteiger charge is -2.25. The van der Waals surface area contributed by atoms with Crippen LogP contribution in [0.1, 0.15) is 35.2 Å². The summed E-state index contributed by atoms with van der Waals surface area (Å²) >= 11 is 0.424. The van der Waals surface area contributed by atoms with Crippen molar-refractivity contribution in [2.45, 2.75) is 25.1 Å². The van der Waals surface area contributed by atoms with Crippen molar-refractivity contribution in [2.75, 3.05) is 33.4 Å². The van der Waals surface area contributed by atoms with E-state index in [0.29, 0.717) is 23.6 Å². The number of esters is 1. The Balaban J connectivity index is 1.98. The molecule has 168 valence electrons. The number of methoxy groups -OCH3 is 1. The smallest absolute Gasteiger partial charge is 0.443 e. The van der Waals surface area contributed by atoms with Crippen LogP contribution in [-0.2, 0) is 15.7 Å². The number of carbonyl (C=O) groups is 1. The third-order valence-corrected chi connectivity index (χ3v) is 5.30. The third-order valence-electron chi connectivity index (χ3n) is 4.40. The zero-order chi connectivity index (χ0) is 23.0. The number of hydrogen-bond donors (Lipinski definition) is 1. The molecule has 11 heteroatoms. The Morgan fingerprint density at radius 2 is 2.00 bits per heavy atom. The maximum absolute atomic E-state index is 12.7. The van der Waals surface area contributed by atoms with Crippen LogP contribution in [0, 0.1) is 11.3 Å². The van der Waals surface area contributed by atoms with E-state index in [1.165, 1.54) is 12.5 Å². The molecular formula is C20H22F3N3O4S. The Hall–Kier alpha value is -2.68. The SMILES string of the molecule is COC(=O)COc1ccc(C(C)CN(CC#N)CC(O)c2csc(C(F)(F)F)n2)cc1. The van der Waals surface area contributed by atoms with Crippen molar-refractivity contribution in [3.8, 4) is 11.8 Å². The molecule has 0 bridgehead atoms. The van der Waals surface area contributed by atoms with Gasteiger partial charge in [0.05, 0.1) is 25.4 Å². The van der Waals surface area contributed by atoms with Gasteiger partial charge in [-0.1, -0.05) is 19.1 Å². The first-order chi connectivity index (χ1) is 14.6. The van der Waals surface area contributed by atoms with Crippen molar-refractivity contribution < 1.29 is 32.5 Å². The van der Waals surface area contributed by atoms with Crippen molar-refractivity contribution in [3.63, 3.8) is 0 Å². The van der Waals surface area contributed by atoms with Crippen LogP contribution in [0.4, 0.5) is 13.2 Å². The summed E-state index contributed by atoms with van der Waals surface area (Å²) in [5.41, 5.74) is 0.857. The highest BCUT2D eigenvalue weighted by Crippen LogP contribution is 2.33. The first-order valence-electron chi connectivity index (χ1n) is 9.23. The summed E-state index contributed by atoms with van der Waals surface area (Å²) in [6.45, 7) is 2.08. The topological polar surface area (TPSA) is 95.7 Å². The minimum absolute atomic E-state index is 0.00199. The lowest BCUT2D eigenvalue weighted by Crippen LogP contribution is -2.32. The van der Waals surface area contributed by atoms with Crippen LogP contribution in [0.5, 0.6) is 5.75 Å². The summed E-state index contributed by atoms with van der Waals surface area (Å²) in [5, 5.41) is 19.6. The van der Waals surface area contributed by atoms with E-state index >= 15 is 0 Å². The van der Waals surface area contributed by atoms with Crippen molar-refractivity contribution in [3.05, 3.63) is 45.9 Å². The number of alkyl halides is 3. The molecule has 0 fully saturated rings. The minimum Gasteiger partial charge on any atom is -0.482 e. The van der Waals surface area contributed by atoms with Gasteiger partial charge in [0.2, 0.25) is 0 Å². The predicted octanol–water partition coefficient (Wildman–Crippen LogP) is 3.38. The number of aliphatic hydroxyl groups is 1. The molecule has 1 heterocycles. The molecule has 0 radical (unpaired) electrons. The number of ether oxygens (including phenoxy) is 2. The first-order valence-corrected chi connectivity index (χ1v) is 10.1. The average molecular weight is 457 g/mol. The molecule has 0 aliphatic rings. The second kappa shape index (κ2) is 11.1. The van der Waals surface area contributed by atoms with Gasteiger partial charge in [-0.15, -0.1) is 11.3 Å². The van der Waals surface area contributed by atoms with Gasteiger partial charge in [0.25, 0.3) is 0 Å². The molecule has 0 saturated heterocycles. The molecular weight excluding hydrogens is 435 g/mol. The van der Waals surface area contributed by atoms with Crippen molar-refractivity contribution in [1.82, 2.24) is 9.88 Å². The van der Waals surface area contributed by atoms with Crippen LogP contribution >= 0.6 is 11.3 Å². The number of aliphatic hydroxyl groups excluding tert-OH is 1. The second-order valence-corrected chi connectivity index (χ2v) is 7.64. The fraction of sp³-hybridized carbons (Fsp3) is 0.450. The molecule has 1 aromatic carbocycles. The molecule has 2 atom stereocenters. The number of aromatic nitrogens is 1. The predicted molar refractivity (Wildman–Crippen MR) is 106 cm³/mol. The molecule has 2 rings (SSSR count). The highest BCUT2D eigenvalue weighted by molar-refractivity contribution is 7.09. The van der Waals surface area contributed by atoms with Gasteiger partial charge in [-0.25, -0.2) is 9.78 Å². The standard InChI is InChI=1S/C20H22F3N3O4S/c1-13(14-3-5-15(6-4-14)30-11-18(28)29-2)9-26(8-7-24)10-17(27)16-12-31-19(25-16)20(21,22)23/h3-6,12-13,17,27H,8-11H2,1-2H3. The monoisotopic (exact) mass is 457 g/mol. The van der Waals surface area contributed by atoms with Crippen LogP contribution < -0.4 is 4.74 Å². The lowest BCUT2D eigenvalue weighted by atomic mass is 10.00. The number of halogens is 3. The quantitative estimate of drug-likeness (QED) is 0.432. The van der Waals surface area contributed by atoms with Crippen LogP contribution in [0.2, 0.25) is 0 Å². The van der Waals surface area contributed by atoms with Gasteiger partial charge in [0.15, 0.2) is 11.6 Å². The molecule has 31 heavy (non-hydrogen) atoms. The number of hydrogen-bond acceptors (Lipinski definition) is 8. The number of carbonyl (C=O) groups excluding carboxylic acids is 1. The van der Waals surface area contributed by atoms with E-state index in [1.54, 1.807) is 17.0 Å². The molecule has 1 N–H and O–H groups in total. The highest BCUT2D eigenvalue weighted by atomic mass is 32.1. The van der Waals surface area contributed by atoms with Crippen molar-refractivity contribution >= 4 is 17.3 Å². The third kappa shape index (κ3) is 7.50. The molecule has 0 spiro atoms. The van der Waals surface area contributed by atoms with Crippen LogP contribution in [-0.4, -0.2) is 54.3 Å². The Kier molecular flexibility index (Phi) is 8.79. The van der Waals surface area contributed by atoms with Gasteiger partial charge in [-0.3, -0.25) is 4.90 Å². The van der Waals surface area contributed by atoms with Crippen LogP contribution in [0.3, 0.4) is 0 Å². The van der Waals surface area contributed by atoms with E-state index in [9.17, 15) is 23.1 Å². The summed E-state index contributed by atoms with van der Waals surface area (Å²) in [6.07, 6.45) is -5.81. The number of rotatable bonds is 10. The lowest BCUT2D eigenvalue weighted by molar-refractivity contribution is -0.143. The fourth-order valence-electron chi connectivity index (χ4n) is 2.80. The van der Waals surface area contributed by atoms with Crippen LogP contribution in [0.25, 0.3) is 0 Å². The zero-order valence-corrected chi connectivity index (χ0v) is 17.7. The maximum atomic E-state index is 12.7. The van der Waals surface area contributed by atoms with Gasteiger partial charge in [0, 0.05) is 18.5 Å². The normalized spacial score (nSPS) is 13.5. The van der Waals surface area contributed by atoms with Crippen molar-refractivity contribution in [2.24, 2.45) is 0 Å². The number of benzene rings is 1. The molecule has 7 nitrogen and oxygen atoms in total. The van der Waals surface area contributed by atoms with Gasteiger partial charge in [-0.2, -0.15) is 18.4 Å². The van der Waals surface area contributed by atoms with Gasteiger partial charge in [0.1, 0.15) is 11.9 Å². The summed E-state index contributed by atoms with van der Waals surface area (Å²) in [5.74, 6) is -0.0448. The molecule has 1 aromatic heterocycles.